The number of allylic oxidation sites excluding steroid dienone is 4. The molecule has 1 aromatic carbocycles. The van der Waals surface area contributed by atoms with Gasteiger partial charge in [0, 0.05) is 9.77 Å². The molecule has 1 aliphatic heterocycles. The van der Waals surface area contributed by atoms with Crippen LogP contribution in [0.1, 0.15) is 56.9 Å². The zero-order valence-electron chi connectivity index (χ0n) is 14.0. The molecule has 0 spiro atoms. The molecule has 0 amide bonds. The third-order valence-electron chi connectivity index (χ3n) is 5.09. The normalized spacial score (nSPS) is 24.3. The molecule has 0 aromatic heterocycles. The van der Waals surface area contributed by atoms with E-state index in [1.807, 2.05) is 18.2 Å². The van der Waals surface area contributed by atoms with Crippen LogP contribution in [0.25, 0.3) is 5.57 Å². The van der Waals surface area contributed by atoms with Crippen LogP contribution in [0.5, 0.6) is 0 Å². The van der Waals surface area contributed by atoms with Gasteiger partial charge in [0.2, 0.25) is 0 Å². The third kappa shape index (κ3) is 3.50. The van der Waals surface area contributed by atoms with Crippen LogP contribution >= 0.6 is 10.8 Å². The third-order valence-corrected chi connectivity index (χ3v) is 8.01. The zero-order chi connectivity index (χ0) is 17.4. The number of benzene rings is 1. The van der Waals surface area contributed by atoms with Gasteiger partial charge in [0.05, 0.1) is 10.2 Å². The van der Waals surface area contributed by atoms with E-state index in [2.05, 4.69) is 12.1 Å². The molecule has 0 N–H and O–H groups in total. The number of fused-ring (bicyclic) bond motifs is 1. The molecule has 1 unspecified atom stereocenters. The summed E-state index contributed by atoms with van der Waals surface area (Å²) >= 11 is 0. The van der Waals surface area contributed by atoms with Gasteiger partial charge in [-0.05, 0) is 73.6 Å². The fourth-order valence-electron chi connectivity index (χ4n) is 4.13. The minimum Gasteiger partial charge on any atom is -0.182 e. The lowest BCUT2D eigenvalue weighted by molar-refractivity contribution is -1.91. The Morgan fingerprint density at radius 2 is 1.44 bits per heavy atom. The summed E-state index contributed by atoms with van der Waals surface area (Å²) in [7, 11) is -5.44. The van der Waals surface area contributed by atoms with E-state index in [1.165, 1.54) is 22.3 Å². The molecular weight excluding hydrogens is 360 g/mol. The quantitative estimate of drug-likeness (QED) is 0.752. The highest BCUT2D eigenvalue weighted by Crippen LogP contribution is 2.52. The molecule has 3 aliphatic rings. The van der Waals surface area contributed by atoms with Gasteiger partial charge >= 0.3 is 0 Å². The SMILES string of the molecule is [O-][Cl+3]([O-])([O-])OS1=C2CCCCC2=C(c2ccccc2)C2=C1CCCC2. The lowest BCUT2D eigenvalue weighted by Gasteiger charge is -2.33. The van der Waals surface area contributed by atoms with Gasteiger partial charge in [-0.25, -0.2) is 0 Å². The Hall–Kier alpha value is -0.950. The number of rotatable bonds is 3. The van der Waals surface area contributed by atoms with Crippen LogP contribution < -0.4 is 14.0 Å². The Labute approximate surface area is 152 Å². The van der Waals surface area contributed by atoms with Crippen molar-refractivity contribution in [1.82, 2.24) is 0 Å². The molecule has 134 valence electrons. The van der Waals surface area contributed by atoms with Gasteiger partial charge in [-0.2, -0.15) is 14.0 Å². The van der Waals surface area contributed by atoms with Crippen molar-refractivity contribution in [3.63, 3.8) is 0 Å². The molecule has 1 fully saturated rings. The fraction of sp³-hybridized carbons (Fsp3) is 0.421. The number of hydrogen-bond donors (Lipinski definition) is 0. The summed E-state index contributed by atoms with van der Waals surface area (Å²) in [4.78, 5) is 2.08. The maximum atomic E-state index is 11.3. The predicted octanol–water partition coefficient (Wildman–Crippen LogP) is 2.13. The van der Waals surface area contributed by atoms with E-state index >= 15 is 0 Å². The first kappa shape index (κ1) is 17.5. The Bertz CT molecular complexity index is 774. The van der Waals surface area contributed by atoms with E-state index in [0.717, 1.165) is 61.1 Å². The van der Waals surface area contributed by atoms with Crippen molar-refractivity contribution in [3.8, 4) is 0 Å². The van der Waals surface area contributed by atoms with Crippen molar-refractivity contribution in [2.75, 3.05) is 0 Å². The van der Waals surface area contributed by atoms with Crippen molar-refractivity contribution in [2.24, 2.45) is 0 Å². The Kier molecular flexibility index (Phi) is 4.88. The maximum Gasteiger partial charge on any atom is 0.141 e. The standard InChI is InChI=1S/C19H21ClO4S/c21-20(22,23)24-25-17-12-6-4-10-15(17)19(14-8-2-1-3-9-14)16-11-5-7-13-18(16)25/h1-3,8-9H,4-7,10-13H2. The van der Waals surface area contributed by atoms with Crippen molar-refractivity contribution < 1.29 is 28.0 Å². The Morgan fingerprint density at radius 1 is 0.800 bits per heavy atom. The highest BCUT2D eigenvalue weighted by molar-refractivity contribution is 8.15. The topological polar surface area (TPSA) is 78.4 Å². The monoisotopic (exact) mass is 380 g/mol. The summed E-state index contributed by atoms with van der Waals surface area (Å²) in [5, 5.41) is 0. The molecule has 4 rings (SSSR count). The summed E-state index contributed by atoms with van der Waals surface area (Å²) in [6.07, 6.45) is 7.72. The molecule has 1 heterocycles. The van der Waals surface area contributed by atoms with Crippen LogP contribution in [0.15, 0.2) is 46.4 Å². The lowest BCUT2D eigenvalue weighted by atomic mass is 9.81. The zero-order valence-corrected chi connectivity index (χ0v) is 15.5. The summed E-state index contributed by atoms with van der Waals surface area (Å²) in [5.74, 6) is 0. The molecule has 0 bridgehead atoms. The average molecular weight is 381 g/mol. The van der Waals surface area contributed by atoms with E-state index in [-0.39, 0.29) is 0 Å². The van der Waals surface area contributed by atoms with Crippen LogP contribution in [0.2, 0.25) is 0 Å². The molecule has 0 radical (unpaired) electrons. The second kappa shape index (κ2) is 6.99. The van der Waals surface area contributed by atoms with Crippen LogP contribution in [-0.4, -0.2) is 4.86 Å². The Balaban J connectivity index is 1.95. The van der Waals surface area contributed by atoms with Gasteiger partial charge < -0.3 is 0 Å². The predicted molar refractivity (Wildman–Crippen MR) is 91.0 cm³/mol. The van der Waals surface area contributed by atoms with Gasteiger partial charge in [0.1, 0.15) is 14.5 Å². The van der Waals surface area contributed by atoms with Gasteiger partial charge in [0.15, 0.2) is 0 Å². The molecule has 2 aliphatic carbocycles. The molecule has 0 saturated heterocycles. The van der Waals surface area contributed by atoms with Crippen LogP contribution in [0.4, 0.5) is 0 Å². The van der Waals surface area contributed by atoms with Crippen molar-refractivity contribution >= 4 is 21.2 Å². The molecule has 6 heteroatoms. The van der Waals surface area contributed by atoms with Gasteiger partial charge in [-0.1, -0.05) is 30.3 Å². The first-order valence-corrected chi connectivity index (χ1v) is 11.2. The van der Waals surface area contributed by atoms with E-state index in [9.17, 15) is 14.0 Å². The number of hydrogen-bond acceptors (Lipinski definition) is 4. The van der Waals surface area contributed by atoms with Gasteiger partial charge in [0.25, 0.3) is 0 Å². The van der Waals surface area contributed by atoms with E-state index in [1.54, 1.807) is 0 Å². The molecule has 1 atom stereocenters. The minimum atomic E-state index is -4.43. The smallest absolute Gasteiger partial charge is 0.141 e. The summed E-state index contributed by atoms with van der Waals surface area (Å²) in [6.45, 7) is 0. The Morgan fingerprint density at radius 3 is 2.16 bits per heavy atom. The van der Waals surface area contributed by atoms with E-state index < -0.39 is 21.0 Å². The van der Waals surface area contributed by atoms with Crippen LogP contribution in [0, 0.1) is 10.2 Å². The largest absolute Gasteiger partial charge is 0.182 e. The average Bonchev–Trinajstić information content (AvgIpc) is 2.61. The summed E-state index contributed by atoms with van der Waals surface area (Å²) < 4.78 is 39.1. The highest BCUT2D eigenvalue weighted by atomic mass is 35.7. The van der Waals surface area contributed by atoms with Gasteiger partial charge in [-0.3, -0.25) is 0 Å². The van der Waals surface area contributed by atoms with Crippen molar-refractivity contribution in [1.29, 1.82) is 0 Å². The van der Waals surface area contributed by atoms with E-state index in [0.29, 0.717) is 0 Å². The van der Waals surface area contributed by atoms with Crippen LogP contribution in [-0.2, 0) is 3.74 Å². The molecule has 25 heavy (non-hydrogen) atoms. The van der Waals surface area contributed by atoms with Crippen molar-refractivity contribution in [3.05, 3.63) is 51.9 Å². The second-order valence-electron chi connectivity index (χ2n) is 6.67. The van der Waals surface area contributed by atoms with E-state index in [4.69, 9.17) is 3.74 Å². The fourth-order valence-corrected chi connectivity index (χ4v) is 7.17. The highest BCUT2D eigenvalue weighted by Gasteiger charge is 2.38. The van der Waals surface area contributed by atoms with Crippen LogP contribution in [0.3, 0.4) is 0 Å². The van der Waals surface area contributed by atoms with Gasteiger partial charge in [-0.15, -0.1) is 0 Å². The molecular formula is C19H21ClO4S. The van der Waals surface area contributed by atoms with Crippen molar-refractivity contribution in [2.45, 2.75) is 51.4 Å². The first-order valence-electron chi connectivity index (χ1n) is 8.77. The minimum absolute atomic E-state index is 0.816. The summed E-state index contributed by atoms with van der Waals surface area (Å²) in [5.41, 5.74) is 4.91. The maximum absolute atomic E-state index is 11.3. The molecule has 1 saturated carbocycles. The second-order valence-corrected chi connectivity index (χ2v) is 9.45. The first-order chi connectivity index (χ1) is 12.0. The number of halogens is 1. The summed E-state index contributed by atoms with van der Waals surface area (Å²) in [6, 6.07) is 10.3. The lowest BCUT2D eigenvalue weighted by Crippen LogP contribution is -2.60. The molecule has 4 nitrogen and oxygen atoms in total. The molecule has 1 aromatic rings.